The number of fused-ring (bicyclic) bond motifs is 1. The van der Waals surface area contributed by atoms with Gasteiger partial charge in [0.1, 0.15) is 11.3 Å². The Morgan fingerprint density at radius 3 is 2.73 bits per heavy atom. The van der Waals surface area contributed by atoms with Crippen molar-refractivity contribution in [2.45, 2.75) is 55.7 Å². The van der Waals surface area contributed by atoms with Gasteiger partial charge in [-0.25, -0.2) is 0 Å². The van der Waals surface area contributed by atoms with Crippen LogP contribution in [-0.2, 0) is 4.79 Å². The van der Waals surface area contributed by atoms with Crippen LogP contribution in [0.1, 0.15) is 55.3 Å². The Bertz CT molecular complexity index is 1250. The van der Waals surface area contributed by atoms with E-state index in [0.717, 1.165) is 32.4 Å². The molecule has 0 radical (unpaired) electrons. The second-order valence-electron chi connectivity index (χ2n) is 10.3. The number of aliphatic hydroxyl groups is 1. The van der Waals surface area contributed by atoms with Gasteiger partial charge in [-0.2, -0.15) is 0 Å². The number of carbonyl (C=O) groups is 1. The van der Waals surface area contributed by atoms with E-state index in [0.29, 0.717) is 52.0 Å². The zero-order valence-electron chi connectivity index (χ0n) is 21.1. The number of aliphatic carboxylic acids is 1. The topological polar surface area (TPSA) is 94.9 Å². The van der Waals surface area contributed by atoms with Gasteiger partial charge in [0.25, 0.3) is 0 Å². The lowest BCUT2D eigenvalue weighted by molar-refractivity contribution is -0.145. The Kier molecular flexibility index (Phi) is 7.67. The van der Waals surface area contributed by atoms with Crippen molar-refractivity contribution in [3.63, 3.8) is 0 Å². The highest BCUT2D eigenvalue weighted by atomic mass is 35.5. The van der Waals surface area contributed by atoms with E-state index in [4.69, 9.17) is 16.3 Å². The van der Waals surface area contributed by atoms with Crippen molar-refractivity contribution in [2.75, 3.05) is 26.7 Å². The maximum Gasteiger partial charge on any atom is 0.323 e. The first-order valence-corrected chi connectivity index (χ1v) is 13.4. The molecule has 0 bridgehead atoms. The molecule has 2 aromatic carbocycles. The fourth-order valence-electron chi connectivity index (χ4n) is 5.90. The number of β-amino-alcohol motifs (C(OH)–C–C–N with tert-alkyl or cyclic N) is 1. The summed E-state index contributed by atoms with van der Waals surface area (Å²) in [5, 5.41) is 25.7. The number of hydrogen-bond donors (Lipinski definition) is 3. The minimum Gasteiger partial charge on any atom is -0.497 e. The Morgan fingerprint density at radius 2 is 2.00 bits per heavy atom. The lowest BCUT2D eigenvalue weighted by Gasteiger charge is -2.43. The van der Waals surface area contributed by atoms with Gasteiger partial charge in [0, 0.05) is 36.3 Å². The van der Waals surface area contributed by atoms with Crippen molar-refractivity contribution in [3.8, 4) is 5.75 Å². The van der Waals surface area contributed by atoms with Crippen LogP contribution in [0.4, 0.5) is 0 Å². The maximum absolute atomic E-state index is 12.5. The summed E-state index contributed by atoms with van der Waals surface area (Å²) >= 11 is 6.46. The van der Waals surface area contributed by atoms with Crippen LogP contribution in [0.15, 0.2) is 54.7 Å². The highest BCUT2D eigenvalue weighted by Gasteiger charge is 2.43. The van der Waals surface area contributed by atoms with E-state index in [1.165, 1.54) is 11.8 Å². The summed E-state index contributed by atoms with van der Waals surface area (Å²) in [7, 11) is 1.58. The predicted molar refractivity (Wildman–Crippen MR) is 144 cm³/mol. The quantitative estimate of drug-likeness (QED) is 0.391. The number of aliphatic hydroxyl groups excluding tert-OH is 1. The van der Waals surface area contributed by atoms with E-state index in [1.54, 1.807) is 19.2 Å². The number of likely N-dealkylation sites (tertiary alicyclic amines) is 1. The van der Waals surface area contributed by atoms with Crippen LogP contribution < -0.4 is 10.1 Å². The summed E-state index contributed by atoms with van der Waals surface area (Å²) in [4.78, 5) is 19.3. The Labute approximate surface area is 222 Å². The first-order chi connectivity index (χ1) is 17.9. The largest absolute Gasteiger partial charge is 0.497 e. The molecule has 1 aliphatic heterocycles. The van der Waals surface area contributed by atoms with E-state index in [1.807, 2.05) is 12.1 Å². The van der Waals surface area contributed by atoms with Gasteiger partial charge in [0.15, 0.2) is 0 Å². The molecule has 1 aliphatic carbocycles. The van der Waals surface area contributed by atoms with Crippen LogP contribution >= 0.6 is 11.6 Å². The third kappa shape index (κ3) is 5.32. The van der Waals surface area contributed by atoms with Gasteiger partial charge in [-0.3, -0.25) is 15.1 Å². The Balaban J connectivity index is 1.26. The first kappa shape index (κ1) is 25.9. The normalized spacial score (nSPS) is 25.3. The molecule has 7 nitrogen and oxygen atoms in total. The molecule has 1 saturated heterocycles. The number of benzene rings is 2. The van der Waals surface area contributed by atoms with Crippen molar-refractivity contribution in [2.24, 2.45) is 0 Å². The molecule has 0 spiro atoms. The fraction of sp³-hybridized carbons (Fsp3) is 0.448. The molecule has 2 fully saturated rings. The molecule has 1 unspecified atom stereocenters. The third-order valence-corrected chi connectivity index (χ3v) is 8.52. The van der Waals surface area contributed by atoms with Crippen molar-refractivity contribution >= 4 is 28.5 Å². The molecule has 2 atom stereocenters. The zero-order chi connectivity index (χ0) is 26.0. The van der Waals surface area contributed by atoms with Crippen molar-refractivity contribution < 1.29 is 19.7 Å². The van der Waals surface area contributed by atoms with E-state index < -0.39 is 17.6 Å². The minimum absolute atomic E-state index is 0.0713. The summed E-state index contributed by atoms with van der Waals surface area (Å²) in [5.74, 6) is 0.351. The average Bonchev–Trinajstić information content (AvgIpc) is 3.10. The number of pyridine rings is 1. The second-order valence-corrected chi connectivity index (χ2v) is 10.7. The smallest absolute Gasteiger partial charge is 0.323 e. The summed E-state index contributed by atoms with van der Waals surface area (Å²) in [6.45, 7) is 1.69. The number of nitrogens with one attached hydrogen (secondary N) is 1. The first-order valence-electron chi connectivity index (χ1n) is 13.0. The molecule has 37 heavy (non-hydrogen) atoms. The predicted octanol–water partition coefficient (Wildman–Crippen LogP) is 4.78. The summed E-state index contributed by atoms with van der Waals surface area (Å²) in [5.41, 5.74) is 1.51. The van der Waals surface area contributed by atoms with E-state index in [2.05, 4.69) is 39.5 Å². The van der Waals surface area contributed by atoms with Crippen LogP contribution in [0.25, 0.3) is 10.9 Å². The maximum atomic E-state index is 12.5. The van der Waals surface area contributed by atoms with Gasteiger partial charge in [0.2, 0.25) is 0 Å². The summed E-state index contributed by atoms with van der Waals surface area (Å²) in [6, 6.07) is 16.5. The molecule has 5 rings (SSSR count). The van der Waals surface area contributed by atoms with Crippen LogP contribution in [-0.4, -0.2) is 64.4 Å². The highest BCUT2D eigenvalue weighted by Crippen LogP contribution is 2.41. The number of rotatable bonds is 8. The minimum atomic E-state index is -1.09. The van der Waals surface area contributed by atoms with Crippen LogP contribution in [0.5, 0.6) is 5.75 Å². The zero-order valence-corrected chi connectivity index (χ0v) is 21.8. The van der Waals surface area contributed by atoms with E-state index in [9.17, 15) is 15.0 Å². The van der Waals surface area contributed by atoms with Crippen LogP contribution in [0.3, 0.4) is 0 Å². The standard InChI is InChI=1S/C29H34ClN3O4/c1-37-22-8-9-25-23(16-22)27(24(30)17-31-25)26(34)18-32-29(28(35)36)10-5-12-33(13-11-29)21-14-20(15-21)19-6-3-2-4-7-19/h2-4,6-9,16-17,20-21,26,32,34H,5,10-15,18H2,1H3,(H,35,36)/t20?,21?,26-,29?/m1/s1. The number of carboxylic acid groups (broad SMARTS) is 1. The van der Waals surface area contributed by atoms with Gasteiger partial charge < -0.3 is 19.8 Å². The molecular weight excluding hydrogens is 490 g/mol. The van der Waals surface area contributed by atoms with Crippen molar-refractivity contribution in [1.82, 2.24) is 15.2 Å². The van der Waals surface area contributed by atoms with Crippen molar-refractivity contribution in [3.05, 3.63) is 70.9 Å². The van der Waals surface area contributed by atoms with Gasteiger partial charge in [0.05, 0.1) is 23.8 Å². The average molecular weight is 524 g/mol. The van der Waals surface area contributed by atoms with Gasteiger partial charge in [-0.15, -0.1) is 0 Å². The lowest BCUT2D eigenvalue weighted by Crippen LogP contribution is -2.54. The molecule has 1 aromatic heterocycles. The molecular formula is C29H34ClN3O4. The monoisotopic (exact) mass is 523 g/mol. The molecule has 2 aliphatic rings. The Hall–Kier alpha value is -2.71. The fourth-order valence-corrected chi connectivity index (χ4v) is 6.17. The third-order valence-electron chi connectivity index (χ3n) is 8.22. The number of aromatic nitrogens is 1. The van der Waals surface area contributed by atoms with Gasteiger partial charge in [-0.05, 0) is 68.3 Å². The van der Waals surface area contributed by atoms with Gasteiger partial charge >= 0.3 is 5.97 Å². The Morgan fingerprint density at radius 1 is 1.22 bits per heavy atom. The lowest BCUT2D eigenvalue weighted by atomic mass is 9.75. The molecule has 3 aromatic rings. The molecule has 8 heteroatoms. The number of halogens is 1. The van der Waals surface area contributed by atoms with Crippen molar-refractivity contribution in [1.29, 1.82) is 0 Å². The number of methoxy groups -OCH3 is 1. The van der Waals surface area contributed by atoms with E-state index >= 15 is 0 Å². The summed E-state index contributed by atoms with van der Waals surface area (Å²) < 4.78 is 5.34. The number of hydrogen-bond acceptors (Lipinski definition) is 6. The van der Waals surface area contributed by atoms with E-state index in [-0.39, 0.29) is 6.54 Å². The molecule has 196 valence electrons. The second kappa shape index (κ2) is 11.0. The SMILES string of the molecule is COc1ccc2ncc(Cl)c([C@H](O)CNC3(C(=O)O)CCCN(C4CC(c5ccccc5)C4)CC3)c2c1. The van der Waals surface area contributed by atoms with Crippen LogP contribution in [0.2, 0.25) is 5.02 Å². The van der Waals surface area contributed by atoms with Gasteiger partial charge in [-0.1, -0.05) is 41.9 Å². The van der Waals surface area contributed by atoms with Crippen LogP contribution in [0, 0.1) is 0 Å². The highest BCUT2D eigenvalue weighted by molar-refractivity contribution is 6.32. The number of ether oxygens (including phenoxy) is 1. The molecule has 2 heterocycles. The number of nitrogens with zero attached hydrogens (tertiary/aromatic N) is 2. The number of carboxylic acids is 1. The molecule has 1 saturated carbocycles. The summed E-state index contributed by atoms with van der Waals surface area (Å²) in [6.07, 6.45) is 4.55. The molecule has 3 N–H and O–H groups in total. The molecule has 0 amide bonds.